The minimum absolute atomic E-state index is 0.0293. The van der Waals surface area contributed by atoms with E-state index in [0.717, 1.165) is 18.3 Å². The first-order valence-corrected chi connectivity index (χ1v) is 10.7. The monoisotopic (exact) mass is 315 g/mol. The lowest BCUT2D eigenvalue weighted by molar-refractivity contribution is -0.0375. The van der Waals surface area contributed by atoms with Crippen molar-refractivity contribution in [2.75, 3.05) is 0 Å². The second kappa shape index (κ2) is 7.58. The van der Waals surface area contributed by atoms with Crippen LogP contribution in [0.3, 0.4) is 0 Å². The Morgan fingerprint density at radius 1 is 0.783 bits per heavy atom. The summed E-state index contributed by atoms with van der Waals surface area (Å²) >= 11 is 0. The molecule has 3 aliphatic rings. The summed E-state index contributed by atoms with van der Waals surface area (Å²) in [5.41, 5.74) is 0.649. The van der Waals surface area contributed by atoms with Crippen LogP contribution < -0.4 is 0 Å². The van der Waals surface area contributed by atoms with Gasteiger partial charge in [-0.25, -0.2) is 0 Å². The Morgan fingerprint density at radius 2 is 1.26 bits per heavy atom. The van der Waals surface area contributed by atoms with Gasteiger partial charge >= 0.3 is 0 Å². The molecular formula is C22H37N. The molecule has 0 bridgehead atoms. The zero-order valence-electron chi connectivity index (χ0n) is 15.4. The maximum Gasteiger partial charge on any atom is 0.0689 e. The van der Waals surface area contributed by atoms with Gasteiger partial charge in [-0.2, -0.15) is 5.26 Å². The van der Waals surface area contributed by atoms with Crippen molar-refractivity contribution in [1.82, 2.24) is 0 Å². The summed E-state index contributed by atoms with van der Waals surface area (Å²) in [6.07, 6.45) is 22.2. The van der Waals surface area contributed by atoms with Crippen LogP contribution in [0.4, 0.5) is 0 Å². The van der Waals surface area contributed by atoms with E-state index in [9.17, 15) is 5.26 Å². The lowest BCUT2D eigenvalue weighted by Gasteiger charge is -2.54. The van der Waals surface area contributed by atoms with Gasteiger partial charge in [-0.15, -0.1) is 0 Å². The SMILES string of the molecule is CCCC1(C#N)CCC(C2CCCCC2)(C2CCCCC2)CC1. The highest BCUT2D eigenvalue weighted by Crippen LogP contribution is 2.59. The maximum atomic E-state index is 9.81. The molecule has 0 radical (unpaired) electrons. The molecule has 3 fully saturated rings. The van der Waals surface area contributed by atoms with E-state index in [-0.39, 0.29) is 5.41 Å². The fraction of sp³-hybridized carbons (Fsp3) is 0.955. The smallest absolute Gasteiger partial charge is 0.0689 e. The fourth-order valence-corrected chi connectivity index (χ4v) is 6.60. The molecule has 1 nitrogen and oxygen atoms in total. The van der Waals surface area contributed by atoms with E-state index in [1.807, 2.05) is 0 Å². The normalized spacial score (nSPS) is 29.0. The summed E-state index contributed by atoms with van der Waals surface area (Å²) in [6.45, 7) is 2.25. The fourth-order valence-electron chi connectivity index (χ4n) is 6.60. The van der Waals surface area contributed by atoms with E-state index < -0.39 is 0 Å². The quantitative estimate of drug-likeness (QED) is 0.547. The predicted octanol–water partition coefficient (Wildman–Crippen LogP) is 7.02. The van der Waals surface area contributed by atoms with Crippen LogP contribution in [-0.2, 0) is 0 Å². The Bertz CT molecular complexity index is 378. The number of hydrogen-bond donors (Lipinski definition) is 0. The third kappa shape index (κ3) is 3.47. The summed E-state index contributed by atoms with van der Waals surface area (Å²) < 4.78 is 0. The summed E-state index contributed by atoms with van der Waals surface area (Å²) in [5.74, 6) is 1.97. The van der Waals surface area contributed by atoms with Gasteiger partial charge in [0.25, 0.3) is 0 Å². The first-order chi connectivity index (χ1) is 11.2. The van der Waals surface area contributed by atoms with Crippen LogP contribution in [-0.4, -0.2) is 0 Å². The second-order valence-corrected chi connectivity index (χ2v) is 9.05. The number of nitrogens with zero attached hydrogens (tertiary/aromatic N) is 1. The molecule has 0 N–H and O–H groups in total. The minimum atomic E-state index is 0.0293. The maximum absolute atomic E-state index is 9.81. The molecule has 0 spiro atoms. The van der Waals surface area contributed by atoms with E-state index in [1.54, 1.807) is 0 Å². The summed E-state index contributed by atoms with van der Waals surface area (Å²) in [5, 5.41) is 9.81. The molecule has 0 saturated heterocycles. The van der Waals surface area contributed by atoms with Crippen LogP contribution in [0.2, 0.25) is 0 Å². The average Bonchev–Trinajstić information content (AvgIpc) is 2.64. The Morgan fingerprint density at radius 3 is 1.65 bits per heavy atom. The molecule has 0 amide bonds. The van der Waals surface area contributed by atoms with Crippen molar-refractivity contribution in [3.05, 3.63) is 0 Å². The van der Waals surface area contributed by atoms with Gasteiger partial charge in [0.1, 0.15) is 0 Å². The van der Waals surface area contributed by atoms with Gasteiger partial charge in [-0.1, -0.05) is 51.9 Å². The lowest BCUT2D eigenvalue weighted by Crippen LogP contribution is -2.45. The molecule has 0 aromatic rings. The topological polar surface area (TPSA) is 23.8 Å². The van der Waals surface area contributed by atoms with E-state index in [4.69, 9.17) is 0 Å². The van der Waals surface area contributed by atoms with Crippen molar-refractivity contribution < 1.29 is 0 Å². The van der Waals surface area contributed by atoms with Gasteiger partial charge in [0, 0.05) is 0 Å². The molecule has 0 aromatic carbocycles. The zero-order valence-corrected chi connectivity index (χ0v) is 15.4. The molecule has 0 unspecified atom stereocenters. The largest absolute Gasteiger partial charge is 0.198 e. The first kappa shape index (κ1) is 17.3. The minimum Gasteiger partial charge on any atom is -0.198 e. The van der Waals surface area contributed by atoms with Crippen molar-refractivity contribution in [3.8, 4) is 6.07 Å². The molecule has 23 heavy (non-hydrogen) atoms. The average molecular weight is 316 g/mol. The highest BCUT2D eigenvalue weighted by atomic mass is 14.5. The molecule has 3 aliphatic carbocycles. The van der Waals surface area contributed by atoms with Crippen molar-refractivity contribution >= 4 is 0 Å². The highest BCUT2D eigenvalue weighted by molar-refractivity contribution is 5.07. The lowest BCUT2D eigenvalue weighted by atomic mass is 9.50. The molecule has 3 saturated carbocycles. The van der Waals surface area contributed by atoms with Crippen molar-refractivity contribution in [2.24, 2.45) is 22.7 Å². The van der Waals surface area contributed by atoms with Crippen molar-refractivity contribution in [1.29, 1.82) is 5.26 Å². The Hall–Kier alpha value is -0.510. The van der Waals surface area contributed by atoms with Gasteiger partial charge in [0.15, 0.2) is 0 Å². The summed E-state index contributed by atoms with van der Waals surface area (Å²) in [6, 6.07) is 2.76. The van der Waals surface area contributed by atoms with Gasteiger partial charge in [0.05, 0.1) is 11.5 Å². The van der Waals surface area contributed by atoms with Gasteiger partial charge < -0.3 is 0 Å². The number of nitriles is 1. The highest BCUT2D eigenvalue weighted by Gasteiger charge is 2.50. The van der Waals surface area contributed by atoms with Crippen LogP contribution in [0.25, 0.3) is 0 Å². The Balaban J connectivity index is 1.78. The molecule has 0 atom stereocenters. The van der Waals surface area contributed by atoms with Crippen molar-refractivity contribution in [2.45, 2.75) is 110 Å². The number of hydrogen-bond acceptors (Lipinski definition) is 1. The van der Waals surface area contributed by atoms with E-state index >= 15 is 0 Å². The molecular weight excluding hydrogens is 278 g/mol. The predicted molar refractivity (Wildman–Crippen MR) is 97.0 cm³/mol. The van der Waals surface area contributed by atoms with E-state index in [2.05, 4.69) is 13.0 Å². The molecule has 1 heteroatoms. The standard InChI is InChI=1S/C22H37N/c1-2-13-21(18-23)14-16-22(17-15-21,19-9-5-3-6-10-19)20-11-7-4-8-12-20/h19-20H,2-17H2,1H3. The molecule has 3 rings (SSSR count). The van der Waals surface area contributed by atoms with Gasteiger partial charge in [-0.05, 0) is 75.0 Å². The van der Waals surface area contributed by atoms with Crippen LogP contribution in [0.15, 0.2) is 0 Å². The van der Waals surface area contributed by atoms with E-state index in [0.29, 0.717) is 5.41 Å². The number of rotatable bonds is 4. The molecule has 130 valence electrons. The summed E-state index contributed by atoms with van der Waals surface area (Å²) in [4.78, 5) is 0. The van der Waals surface area contributed by atoms with E-state index in [1.165, 1.54) is 96.3 Å². The third-order valence-corrected chi connectivity index (χ3v) is 7.94. The third-order valence-electron chi connectivity index (χ3n) is 7.94. The van der Waals surface area contributed by atoms with Crippen LogP contribution in [0, 0.1) is 34.0 Å². The Labute approximate surface area is 144 Å². The van der Waals surface area contributed by atoms with Crippen LogP contribution in [0.5, 0.6) is 0 Å². The van der Waals surface area contributed by atoms with Crippen LogP contribution in [0.1, 0.15) is 110 Å². The van der Waals surface area contributed by atoms with Gasteiger partial charge in [-0.3, -0.25) is 0 Å². The van der Waals surface area contributed by atoms with Gasteiger partial charge in [0.2, 0.25) is 0 Å². The molecule has 0 aliphatic heterocycles. The van der Waals surface area contributed by atoms with Crippen LogP contribution >= 0.6 is 0 Å². The Kier molecular flexibility index (Phi) is 5.71. The van der Waals surface area contributed by atoms with Crippen molar-refractivity contribution in [3.63, 3.8) is 0 Å². The second-order valence-electron chi connectivity index (χ2n) is 9.05. The molecule has 0 aromatic heterocycles. The summed E-state index contributed by atoms with van der Waals surface area (Å²) in [7, 11) is 0. The zero-order chi connectivity index (χ0) is 16.2. The first-order valence-electron chi connectivity index (χ1n) is 10.7. The molecule has 0 heterocycles.